The molecule has 2 aliphatic rings. The number of aromatic amines is 1. The van der Waals surface area contributed by atoms with Gasteiger partial charge < -0.3 is 21.1 Å². The summed E-state index contributed by atoms with van der Waals surface area (Å²) >= 11 is 0. The Balaban J connectivity index is 1.40. The number of nitrogens with zero attached hydrogens (tertiary/aromatic N) is 1. The Kier molecular flexibility index (Phi) is 5.87. The summed E-state index contributed by atoms with van der Waals surface area (Å²) in [7, 11) is 0. The van der Waals surface area contributed by atoms with E-state index in [1.807, 2.05) is 0 Å². The maximum Gasteiger partial charge on any atom is 0.280 e. The maximum atomic E-state index is 13.5. The second-order valence-corrected chi connectivity index (χ2v) is 7.86. The van der Waals surface area contributed by atoms with E-state index in [9.17, 15) is 32.7 Å². The number of nitrogens with one attached hydrogen (secondary N) is 4. The van der Waals surface area contributed by atoms with Gasteiger partial charge in [-0.05, 0) is 30.5 Å². The topological polar surface area (TPSA) is 136 Å². The van der Waals surface area contributed by atoms with Crippen LogP contribution in [-0.4, -0.2) is 51.2 Å². The van der Waals surface area contributed by atoms with Gasteiger partial charge in [0, 0.05) is 18.2 Å². The minimum atomic E-state index is -2.90. The van der Waals surface area contributed by atoms with Gasteiger partial charge >= 0.3 is 0 Å². The zero-order valence-electron chi connectivity index (χ0n) is 16.6. The van der Waals surface area contributed by atoms with Crippen molar-refractivity contribution < 1.29 is 32.7 Å². The van der Waals surface area contributed by atoms with Gasteiger partial charge in [-0.2, -0.15) is 5.10 Å². The summed E-state index contributed by atoms with van der Waals surface area (Å²) in [5.41, 5.74) is -0.218. The van der Waals surface area contributed by atoms with Crippen LogP contribution in [0.25, 0.3) is 0 Å². The summed E-state index contributed by atoms with van der Waals surface area (Å²) in [5.74, 6) is -3.13. The molecule has 4 atom stereocenters. The molecule has 170 valence electrons. The molecule has 1 aliphatic carbocycles. The van der Waals surface area contributed by atoms with Crippen LogP contribution in [0.1, 0.15) is 53.2 Å². The number of hydrogen-bond donors (Lipinski definition) is 5. The maximum absolute atomic E-state index is 13.5. The summed E-state index contributed by atoms with van der Waals surface area (Å²) in [6.07, 6.45) is -2.77. The molecule has 0 saturated heterocycles. The van der Waals surface area contributed by atoms with Crippen molar-refractivity contribution in [3.05, 3.63) is 47.0 Å². The van der Waals surface area contributed by atoms with Gasteiger partial charge in [-0.1, -0.05) is 6.07 Å². The molecular weight excluding hydrogens is 431 g/mol. The molecule has 0 radical (unpaired) electrons. The highest BCUT2D eigenvalue weighted by Gasteiger charge is 2.38. The van der Waals surface area contributed by atoms with Crippen molar-refractivity contribution in [2.75, 3.05) is 5.32 Å². The largest absolute Gasteiger partial charge is 0.391 e. The van der Waals surface area contributed by atoms with Crippen LogP contribution in [0.3, 0.4) is 0 Å². The number of rotatable bonds is 5. The Labute approximate surface area is 179 Å². The van der Waals surface area contributed by atoms with Gasteiger partial charge in [0.25, 0.3) is 12.3 Å². The molecule has 2 aromatic rings. The molecular formula is C20H20F3N5O4. The van der Waals surface area contributed by atoms with Crippen molar-refractivity contribution in [3.8, 4) is 0 Å². The van der Waals surface area contributed by atoms with E-state index in [0.717, 1.165) is 12.3 Å². The molecule has 32 heavy (non-hydrogen) atoms. The minimum absolute atomic E-state index is 0.103. The molecule has 1 saturated carbocycles. The average molecular weight is 451 g/mol. The molecule has 12 heteroatoms. The average Bonchev–Trinajstić information content (AvgIpc) is 3.34. The minimum Gasteiger partial charge on any atom is -0.391 e. The first-order chi connectivity index (χ1) is 15.2. The summed E-state index contributed by atoms with van der Waals surface area (Å²) in [5, 5.41) is 23.7. The predicted molar refractivity (Wildman–Crippen MR) is 104 cm³/mol. The fraction of sp³-hybridized carbons (Fsp3) is 0.400. The van der Waals surface area contributed by atoms with Crippen molar-refractivity contribution in [1.82, 2.24) is 20.8 Å². The van der Waals surface area contributed by atoms with E-state index in [1.54, 1.807) is 0 Å². The van der Waals surface area contributed by atoms with Crippen molar-refractivity contribution in [2.45, 2.75) is 49.8 Å². The lowest BCUT2D eigenvalue weighted by Crippen LogP contribution is -2.44. The number of carbonyl (C=O) groups is 3. The van der Waals surface area contributed by atoms with E-state index in [-0.39, 0.29) is 30.5 Å². The zero-order valence-corrected chi connectivity index (χ0v) is 16.6. The van der Waals surface area contributed by atoms with Crippen LogP contribution in [0.2, 0.25) is 0 Å². The number of anilines is 1. The zero-order chi connectivity index (χ0) is 23.0. The van der Waals surface area contributed by atoms with Crippen molar-refractivity contribution in [3.63, 3.8) is 0 Å². The molecule has 1 aliphatic heterocycles. The van der Waals surface area contributed by atoms with Crippen molar-refractivity contribution in [2.24, 2.45) is 0 Å². The fourth-order valence-corrected chi connectivity index (χ4v) is 4.15. The molecule has 1 unspecified atom stereocenters. The third-order valence-electron chi connectivity index (χ3n) is 5.69. The van der Waals surface area contributed by atoms with E-state index in [1.165, 1.54) is 12.1 Å². The molecule has 1 aromatic carbocycles. The molecule has 1 aromatic heterocycles. The van der Waals surface area contributed by atoms with Crippen LogP contribution < -0.4 is 16.0 Å². The molecule has 0 bridgehead atoms. The highest BCUT2D eigenvalue weighted by atomic mass is 19.3. The number of halogens is 3. The fourth-order valence-electron chi connectivity index (χ4n) is 4.15. The Morgan fingerprint density at radius 2 is 2.00 bits per heavy atom. The molecule has 5 N–H and O–H groups in total. The second kappa shape index (κ2) is 8.61. The first kappa shape index (κ1) is 21.8. The van der Waals surface area contributed by atoms with Gasteiger partial charge in [0.1, 0.15) is 11.5 Å². The number of carbonyl (C=O) groups excluding carboxylic acids is 3. The monoisotopic (exact) mass is 451 g/mol. The normalized spacial score (nSPS) is 24.7. The standard InChI is InChI=1S/C20H20F3N5O4/c21-8-1-2-10-11(6-16(30)26-13(10)3-8)19(31)27-14-4-9(5-15(14)29)25-20(32)12-7-24-28-17(12)18(22)23/h1-3,7,9,11,14-15,18,29H,4-6H2,(H,24,28)(H,25,32)(H,26,30)(H,27,31)/t9-,11?,14-,15-/m1/s1. The molecule has 1 fully saturated rings. The van der Waals surface area contributed by atoms with Crippen LogP contribution in [0.4, 0.5) is 18.9 Å². The first-order valence-corrected chi connectivity index (χ1v) is 9.93. The highest BCUT2D eigenvalue weighted by Crippen LogP contribution is 2.33. The van der Waals surface area contributed by atoms with Gasteiger partial charge in [0.2, 0.25) is 11.8 Å². The van der Waals surface area contributed by atoms with E-state index in [0.29, 0.717) is 5.56 Å². The van der Waals surface area contributed by atoms with Crippen LogP contribution in [0.5, 0.6) is 0 Å². The molecule has 9 nitrogen and oxygen atoms in total. The van der Waals surface area contributed by atoms with Crippen LogP contribution in [0, 0.1) is 5.82 Å². The number of amides is 3. The Morgan fingerprint density at radius 1 is 1.22 bits per heavy atom. The number of aliphatic hydroxyl groups is 1. The Morgan fingerprint density at radius 3 is 2.75 bits per heavy atom. The van der Waals surface area contributed by atoms with Crippen molar-refractivity contribution >= 4 is 23.4 Å². The third-order valence-corrected chi connectivity index (χ3v) is 5.69. The van der Waals surface area contributed by atoms with Gasteiger partial charge in [-0.15, -0.1) is 0 Å². The lowest BCUT2D eigenvalue weighted by Gasteiger charge is -2.27. The van der Waals surface area contributed by atoms with E-state index < -0.39 is 59.8 Å². The number of aliphatic hydroxyl groups excluding tert-OH is 1. The number of aromatic nitrogens is 2. The summed E-state index contributed by atoms with van der Waals surface area (Å²) in [4.78, 5) is 37.1. The second-order valence-electron chi connectivity index (χ2n) is 7.86. The van der Waals surface area contributed by atoms with E-state index in [4.69, 9.17) is 0 Å². The summed E-state index contributed by atoms with van der Waals surface area (Å²) in [6, 6.07) is 2.45. The lowest BCUT2D eigenvalue weighted by molar-refractivity contribution is -0.127. The molecule has 3 amide bonds. The SMILES string of the molecule is O=C1CC(C(=O)N[C@@H]2C[C@@H](NC(=O)c3cn[nH]c3C(F)F)C[C@H]2O)c2ccc(F)cc2N1. The van der Waals surface area contributed by atoms with Crippen LogP contribution in [-0.2, 0) is 9.59 Å². The van der Waals surface area contributed by atoms with E-state index in [2.05, 4.69) is 26.1 Å². The molecule has 0 spiro atoms. The quantitative estimate of drug-likeness (QED) is 0.468. The number of fused-ring (bicyclic) bond motifs is 1. The number of H-pyrrole nitrogens is 1. The molecule has 4 rings (SSSR count). The van der Waals surface area contributed by atoms with Crippen LogP contribution >= 0.6 is 0 Å². The summed E-state index contributed by atoms with van der Waals surface area (Å²) < 4.78 is 39.4. The van der Waals surface area contributed by atoms with Gasteiger partial charge in [-0.3, -0.25) is 19.5 Å². The van der Waals surface area contributed by atoms with Gasteiger partial charge in [-0.25, -0.2) is 13.2 Å². The smallest absolute Gasteiger partial charge is 0.280 e. The van der Waals surface area contributed by atoms with Gasteiger partial charge in [0.05, 0.1) is 29.8 Å². The van der Waals surface area contributed by atoms with Gasteiger partial charge in [0.15, 0.2) is 0 Å². The number of alkyl halides is 2. The number of hydrogen-bond acceptors (Lipinski definition) is 5. The summed E-state index contributed by atoms with van der Waals surface area (Å²) in [6.45, 7) is 0. The third kappa shape index (κ3) is 4.31. The number of benzene rings is 1. The lowest BCUT2D eigenvalue weighted by atomic mass is 9.89. The van der Waals surface area contributed by atoms with Crippen LogP contribution in [0.15, 0.2) is 24.4 Å². The predicted octanol–water partition coefficient (Wildman–Crippen LogP) is 1.35. The highest BCUT2D eigenvalue weighted by molar-refractivity contribution is 6.01. The first-order valence-electron chi connectivity index (χ1n) is 9.93. The molecule has 2 heterocycles. The Bertz CT molecular complexity index is 1060. The van der Waals surface area contributed by atoms with E-state index >= 15 is 0 Å². The Hall–Kier alpha value is -3.41. The van der Waals surface area contributed by atoms with Crippen molar-refractivity contribution in [1.29, 1.82) is 0 Å².